The van der Waals surface area contributed by atoms with E-state index < -0.39 is 4.92 Å². The topological polar surface area (TPSA) is 102 Å². The Morgan fingerprint density at radius 2 is 2.31 bits per heavy atom. The maximum absolute atomic E-state index is 10.7. The first kappa shape index (κ1) is 12.4. The first-order chi connectivity index (χ1) is 7.52. The molecule has 0 saturated carbocycles. The lowest BCUT2D eigenvalue weighted by Crippen LogP contribution is -2.14. The molecule has 0 fully saturated rings. The van der Waals surface area contributed by atoms with Gasteiger partial charge in [-0.25, -0.2) is 0 Å². The van der Waals surface area contributed by atoms with E-state index in [2.05, 4.69) is 15.9 Å². The molecule has 86 valence electrons. The Balaban J connectivity index is 2.84. The summed E-state index contributed by atoms with van der Waals surface area (Å²) in [5.41, 5.74) is 5.04. The molecular formula is C9H10BrN3O3. The molecule has 16 heavy (non-hydrogen) atoms. The number of rotatable bonds is 5. The smallest absolute Gasteiger partial charge is 0.312 e. The van der Waals surface area contributed by atoms with Crippen LogP contribution in [0, 0.1) is 15.5 Å². The van der Waals surface area contributed by atoms with Crippen LogP contribution < -0.4 is 10.5 Å². The van der Waals surface area contributed by atoms with Crippen LogP contribution in [0.4, 0.5) is 5.69 Å². The van der Waals surface area contributed by atoms with Crippen LogP contribution in [0.5, 0.6) is 5.75 Å². The monoisotopic (exact) mass is 287 g/mol. The van der Waals surface area contributed by atoms with Crippen LogP contribution in [0.15, 0.2) is 22.7 Å². The molecule has 0 bridgehead atoms. The van der Waals surface area contributed by atoms with Crippen molar-refractivity contribution in [2.45, 2.75) is 6.42 Å². The van der Waals surface area contributed by atoms with E-state index in [0.717, 1.165) is 0 Å². The maximum Gasteiger partial charge on any atom is 0.312 e. The first-order valence-corrected chi connectivity index (χ1v) is 5.20. The lowest BCUT2D eigenvalue weighted by Gasteiger charge is -2.07. The number of nitrogens with one attached hydrogen (secondary N) is 1. The number of para-hydroxylation sites is 1. The van der Waals surface area contributed by atoms with E-state index in [4.69, 9.17) is 15.9 Å². The van der Waals surface area contributed by atoms with Crippen molar-refractivity contribution in [3.05, 3.63) is 32.8 Å². The molecule has 0 heterocycles. The summed E-state index contributed by atoms with van der Waals surface area (Å²) in [6.45, 7) is 0.138. The fourth-order valence-electron chi connectivity index (χ4n) is 1.05. The Labute approximate surface area is 100 Å². The normalized spacial score (nSPS) is 9.81. The lowest BCUT2D eigenvalue weighted by molar-refractivity contribution is -0.385. The number of amidine groups is 1. The molecule has 0 amide bonds. The second-order valence-electron chi connectivity index (χ2n) is 2.97. The SMILES string of the molecule is N=C(N)CCOc1c(Br)cccc1[N+](=O)[O-]. The summed E-state index contributed by atoms with van der Waals surface area (Å²) in [5.74, 6) is 0.142. The molecule has 0 aliphatic heterocycles. The van der Waals surface area contributed by atoms with Gasteiger partial charge in [0.05, 0.1) is 21.8 Å². The summed E-state index contributed by atoms with van der Waals surface area (Å²) in [7, 11) is 0. The van der Waals surface area contributed by atoms with Crippen molar-refractivity contribution in [2.24, 2.45) is 5.73 Å². The van der Waals surface area contributed by atoms with Gasteiger partial charge < -0.3 is 10.5 Å². The van der Waals surface area contributed by atoms with Crippen molar-refractivity contribution >= 4 is 27.5 Å². The molecule has 1 aromatic rings. The Morgan fingerprint density at radius 1 is 1.62 bits per heavy atom. The summed E-state index contributed by atoms with van der Waals surface area (Å²) in [5, 5.41) is 17.7. The number of nitrogens with zero attached hydrogens (tertiary/aromatic N) is 1. The number of halogens is 1. The van der Waals surface area contributed by atoms with Gasteiger partial charge in [0.1, 0.15) is 0 Å². The standard InChI is InChI=1S/C9H10BrN3O3/c10-6-2-1-3-7(13(14)15)9(6)16-5-4-8(11)12/h1-3H,4-5H2,(H3,11,12). The van der Waals surface area contributed by atoms with Gasteiger partial charge in [0.15, 0.2) is 0 Å². The second-order valence-corrected chi connectivity index (χ2v) is 3.82. The van der Waals surface area contributed by atoms with Crippen molar-refractivity contribution in [3.8, 4) is 5.75 Å². The summed E-state index contributed by atoms with van der Waals surface area (Å²) in [6, 6.07) is 4.56. The summed E-state index contributed by atoms with van der Waals surface area (Å²) in [6.07, 6.45) is 0.235. The Morgan fingerprint density at radius 3 is 2.88 bits per heavy atom. The highest BCUT2D eigenvalue weighted by Gasteiger charge is 2.17. The molecule has 0 aromatic heterocycles. The van der Waals surface area contributed by atoms with Crippen LogP contribution in [0.3, 0.4) is 0 Å². The van der Waals surface area contributed by atoms with Gasteiger partial charge in [-0.2, -0.15) is 0 Å². The van der Waals surface area contributed by atoms with Gasteiger partial charge in [0.2, 0.25) is 5.75 Å². The molecule has 0 unspecified atom stereocenters. The van der Waals surface area contributed by atoms with Crippen molar-refractivity contribution in [2.75, 3.05) is 6.61 Å². The molecule has 0 atom stereocenters. The maximum atomic E-state index is 10.7. The van der Waals surface area contributed by atoms with E-state index in [1.54, 1.807) is 12.1 Å². The summed E-state index contributed by atoms with van der Waals surface area (Å²) < 4.78 is 5.74. The number of hydrogen-bond donors (Lipinski definition) is 2. The third-order valence-corrected chi connectivity index (χ3v) is 2.39. The average Bonchev–Trinajstić information content (AvgIpc) is 2.19. The van der Waals surface area contributed by atoms with E-state index in [-0.39, 0.29) is 30.3 Å². The van der Waals surface area contributed by atoms with E-state index >= 15 is 0 Å². The zero-order valence-corrected chi connectivity index (χ0v) is 9.86. The zero-order chi connectivity index (χ0) is 12.1. The molecule has 6 nitrogen and oxygen atoms in total. The van der Waals surface area contributed by atoms with Crippen molar-refractivity contribution in [3.63, 3.8) is 0 Å². The highest BCUT2D eigenvalue weighted by Crippen LogP contribution is 2.34. The van der Waals surface area contributed by atoms with Crippen LogP contribution >= 0.6 is 15.9 Å². The second kappa shape index (κ2) is 5.45. The number of hydrogen-bond acceptors (Lipinski definition) is 4. The number of ether oxygens (including phenoxy) is 1. The summed E-state index contributed by atoms with van der Waals surface area (Å²) >= 11 is 3.17. The fraction of sp³-hybridized carbons (Fsp3) is 0.222. The molecule has 0 aliphatic carbocycles. The summed E-state index contributed by atoms with van der Waals surface area (Å²) in [4.78, 5) is 10.2. The van der Waals surface area contributed by atoms with Gasteiger partial charge in [0, 0.05) is 12.5 Å². The predicted molar refractivity (Wildman–Crippen MR) is 62.8 cm³/mol. The van der Waals surface area contributed by atoms with Crippen LogP contribution in [0.2, 0.25) is 0 Å². The molecule has 0 saturated heterocycles. The van der Waals surface area contributed by atoms with Crippen LogP contribution in [0.1, 0.15) is 6.42 Å². The largest absolute Gasteiger partial charge is 0.486 e. The number of nitro benzene ring substituents is 1. The van der Waals surface area contributed by atoms with Gasteiger partial charge in [-0.05, 0) is 22.0 Å². The minimum absolute atomic E-state index is 0.0188. The molecule has 7 heteroatoms. The fourth-order valence-corrected chi connectivity index (χ4v) is 1.52. The first-order valence-electron chi connectivity index (χ1n) is 4.41. The third kappa shape index (κ3) is 3.20. The van der Waals surface area contributed by atoms with Crippen LogP contribution in [-0.2, 0) is 0 Å². The van der Waals surface area contributed by atoms with Crippen LogP contribution in [0.25, 0.3) is 0 Å². The number of nitro groups is 1. The Hall–Kier alpha value is -1.63. The average molecular weight is 288 g/mol. The van der Waals surface area contributed by atoms with Crippen molar-refractivity contribution in [1.29, 1.82) is 5.41 Å². The van der Waals surface area contributed by atoms with Gasteiger partial charge in [-0.15, -0.1) is 0 Å². The molecule has 0 aliphatic rings. The Kier molecular flexibility index (Phi) is 4.24. The quantitative estimate of drug-likeness (QED) is 0.374. The molecule has 3 N–H and O–H groups in total. The minimum Gasteiger partial charge on any atom is -0.486 e. The molecular weight excluding hydrogens is 278 g/mol. The van der Waals surface area contributed by atoms with Gasteiger partial charge >= 0.3 is 5.69 Å². The van der Waals surface area contributed by atoms with Gasteiger partial charge in [0.25, 0.3) is 0 Å². The van der Waals surface area contributed by atoms with E-state index in [0.29, 0.717) is 4.47 Å². The number of benzene rings is 1. The van der Waals surface area contributed by atoms with Gasteiger partial charge in [-0.1, -0.05) is 6.07 Å². The van der Waals surface area contributed by atoms with E-state index in [1.165, 1.54) is 6.07 Å². The van der Waals surface area contributed by atoms with Crippen LogP contribution in [-0.4, -0.2) is 17.4 Å². The van der Waals surface area contributed by atoms with Gasteiger partial charge in [-0.3, -0.25) is 15.5 Å². The molecule has 0 radical (unpaired) electrons. The Bertz CT molecular complexity index is 422. The highest BCUT2D eigenvalue weighted by molar-refractivity contribution is 9.10. The van der Waals surface area contributed by atoms with Crippen molar-refractivity contribution < 1.29 is 9.66 Å². The minimum atomic E-state index is -0.520. The lowest BCUT2D eigenvalue weighted by atomic mass is 10.3. The number of nitrogens with two attached hydrogens (primary N) is 1. The van der Waals surface area contributed by atoms with E-state index in [1.807, 2.05) is 0 Å². The van der Waals surface area contributed by atoms with Crippen molar-refractivity contribution in [1.82, 2.24) is 0 Å². The third-order valence-electron chi connectivity index (χ3n) is 1.76. The predicted octanol–water partition coefficient (Wildman–Crippen LogP) is 2.06. The zero-order valence-electron chi connectivity index (χ0n) is 8.27. The van der Waals surface area contributed by atoms with E-state index in [9.17, 15) is 10.1 Å². The molecule has 1 rings (SSSR count). The molecule has 0 spiro atoms. The molecule has 1 aromatic carbocycles. The highest BCUT2D eigenvalue weighted by atomic mass is 79.9.